The predicted octanol–water partition coefficient (Wildman–Crippen LogP) is 3.74. The molecule has 2 aromatic carbocycles. The molecule has 0 unspecified atom stereocenters. The summed E-state index contributed by atoms with van der Waals surface area (Å²) >= 11 is 1.36. The van der Waals surface area contributed by atoms with Crippen molar-refractivity contribution in [3.63, 3.8) is 0 Å². The van der Waals surface area contributed by atoms with Gasteiger partial charge in [-0.15, -0.1) is 10.2 Å². The molecule has 144 valence electrons. The van der Waals surface area contributed by atoms with Crippen LogP contribution in [0.3, 0.4) is 0 Å². The Kier molecular flexibility index (Phi) is 5.97. The van der Waals surface area contributed by atoms with Crippen molar-refractivity contribution in [2.24, 2.45) is 0 Å². The van der Waals surface area contributed by atoms with Gasteiger partial charge in [0.1, 0.15) is 0 Å². The first-order chi connectivity index (χ1) is 14.3. The molecule has 4 aromatic rings. The first-order valence-electron chi connectivity index (χ1n) is 9.16. The molecule has 2 aromatic heterocycles. The number of carbonyl (C=O) groups excluding carboxylic acids is 1. The number of hydrogen-bond acceptors (Lipinski definition) is 5. The van der Waals surface area contributed by atoms with Gasteiger partial charge in [-0.25, -0.2) is 0 Å². The van der Waals surface area contributed by atoms with E-state index in [9.17, 15) is 4.79 Å². The lowest BCUT2D eigenvalue weighted by Gasteiger charge is -2.10. The lowest BCUT2D eigenvalue weighted by Crippen LogP contribution is -2.24. The maximum atomic E-state index is 12.3. The average molecular weight is 401 g/mol. The molecule has 6 nitrogen and oxygen atoms in total. The number of rotatable bonds is 7. The van der Waals surface area contributed by atoms with Gasteiger partial charge < -0.3 is 5.32 Å². The van der Waals surface area contributed by atoms with E-state index in [2.05, 4.69) is 20.5 Å². The SMILES string of the molecule is O=C(CSc1nnc(-c2cccnc2)n1-c1ccccc1)NCc1ccccc1. The Morgan fingerprint density at radius 2 is 1.69 bits per heavy atom. The zero-order valence-electron chi connectivity index (χ0n) is 15.6. The largest absolute Gasteiger partial charge is 0.351 e. The number of hydrogen-bond donors (Lipinski definition) is 1. The van der Waals surface area contributed by atoms with Gasteiger partial charge in [0.2, 0.25) is 5.91 Å². The molecule has 0 atom stereocenters. The van der Waals surface area contributed by atoms with Crippen molar-refractivity contribution < 1.29 is 4.79 Å². The van der Waals surface area contributed by atoms with Crippen LogP contribution < -0.4 is 5.32 Å². The van der Waals surface area contributed by atoms with Crippen LogP contribution in [0, 0.1) is 0 Å². The zero-order chi connectivity index (χ0) is 19.9. The standard InChI is InChI=1S/C22H19N5OS/c28-20(24-14-17-8-3-1-4-9-17)16-29-22-26-25-21(18-10-7-13-23-15-18)27(22)19-11-5-2-6-12-19/h1-13,15H,14,16H2,(H,24,28). The Labute approximate surface area is 173 Å². The monoisotopic (exact) mass is 401 g/mol. The van der Waals surface area contributed by atoms with E-state index < -0.39 is 0 Å². The topological polar surface area (TPSA) is 72.7 Å². The third-order valence-corrected chi connectivity index (χ3v) is 5.16. The van der Waals surface area contributed by atoms with Crippen molar-refractivity contribution in [1.29, 1.82) is 0 Å². The molecule has 7 heteroatoms. The van der Waals surface area contributed by atoms with Crippen LogP contribution in [0.15, 0.2) is 90.3 Å². The summed E-state index contributed by atoms with van der Waals surface area (Å²) in [5, 5.41) is 12.3. The van der Waals surface area contributed by atoms with Crippen molar-refractivity contribution in [2.75, 3.05) is 5.75 Å². The van der Waals surface area contributed by atoms with Gasteiger partial charge in [0.15, 0.2) is 11.0 Å². The molecular weight excluding hydrogens is 382 g/mol. The molecule has 29 heavy (non-hydrogen) atoms. The molecule has 2 heterocycles. The fourth-order valence-corrected chi connectivity index (χ4v) is 3.61. The number of carbonyl (C=O) groups is 1. The molecule has 0 radical (unpaired) electrons. The smallest absolute Gasteiger partial charge is 0.230 e. The van der Waals surface area contributed by atoms with E-state index in [1.807, 2.05) is 77.4 Å². The highest BCUT2D eigenvalue weighted by Gasteiger charge is 2.17. The number of thioether (sulfide) groups is 1. The van der Waals surface area contributed by atoms with Gasteiger partial charge in [-0.3, -0.25) is 14.3 Å². The van der Waals surface area contributed by atoms with Crippen LogP contribution >= 0.6 is 11.8 Å². The van der Waals surface area contributed by atoms with E-state index in [1.54, 1.807) is 12.4 Å². The highest BCUT2D eigenvalue weighted by molar-refractivity contribution is 7.99. The van der Waals surface area contributed by atoms with Gasteiger partial charge in [0, 0.05) is 30.2 Å². The summed E-state index contributed by atoms with van der Waals surface area (Å²) in [6, 6.07) is 23.5. The minimum Gasteiger partial charge on any atom is -0.351 e. The fourth-order valence-electron chi connectivity index (χ4n) is 2.83. The average Bonchev–Trinajstić information content (AvgIpc) is 3.22. The molecule has 4 rings (SSSR count). The van der Waals surface area contributed by atoms with Crippen molar-refractivity contribution in [1.82, 2.24) is 25.1 Å². The van der Waals surface area contributed by atoms with Gasteiger partial charge in [0.05, 0.1) is 5.75 Å². The van der Waals surface area contributed by atoms with Crippen LogP contribution in [0.5, 0.6) is 0 Å². The summed E-state index contributed by atoms with van der Waals surface area (Å²) in [5.74, 6) is 0.895. The Morgan fingerprint density at radius 1 is 0.931 bits per heavy atom. The number of amides is 1. The van der Waals surface area contributed by atoms with Crippen LogP contribution in [-0.2, 0) is 11.3 Å². The number of benzene rings is 2. The van der Waals surface area contributed by atoms with Crippen LogP contribution in [0.1, 0.15) is 5.56 Å². The summed E-state index contributed by atoms with van der Waals surface area (Å²) in [6.07, 6.45) is 3.48. The summed E-state index contributed by atoms with van der Waals surface area (Å²) in [4.78, 5) is 16.5. The second kappa shape index (κ2) is 9.16. The molecule has 1 N–H and O–H groups in total. The van der Waals surface area contributed by atoms with E-state index in [1.165, 1.54) is 11.8 Å². The zero-order valence-corrected chi connectivity index (χ0v) is 16.4. The number of nitrogens with one attached hydrogen (secondary N) is 1. The van der Waals surface area contributed by atoms with Crippen molar-refractivity contribution in [3.05, 3.63) is 90.8 Å². The maximum Gasteiger partial charge on any atom is 0.230 e. The Bertz CT molecular complexity index is 1070. The normalized spacial score (nSPS) is 10.6. The second-order valence-electron chi connectivity index (χ2n) is 6.27. The summed E-state index contributed by atoms with van der Waals surface area (Å²) < 4.78 is 1.95. The Morgan fingerprint density at radius 3 is 2.41 bits per heavy atom. The molecule has 0 fully saturated rings. The Hall–Kier alpha value is -3.45. The van der Waals surface area contributed by atoms with E-state index in [0.29, 0.717) is 17.5 Å². The van der Waals surface area contributed by atoms with E-state index >= 15 is 0 Å². The van der Waals surface area contributed by atoms with E-state index in [-0.39, 0.29) is 11.7 Å². The number of aromatic nitrogens is 4. The summed E-state index contributed by atoms with van der Waals surface area (Å²) in [6.45, 7) is 0.506. The molecule has 0 aliphatic rings. The van der Waals surface area contributed by atoms with E-state index in [0.717, 1.165) is 16.8 Å². The summed E-state index contributed by atoms with van der Waals surface area (Å²) in [5.41, 5.74) is 2.87. The molecule has 0 aliphatic carbocycles. The molecule has 0 saturated carbocycles. The van der Waals surface area contributed by atoms with Gasteiger partial charge in [-0.1, -0.05) is 60.3 Å². The number of para-hydroxylation sites is 1. The fraction of sp³-hybridized carbons (Fsp3) is 0.0909. The van der Waals surface area contributed by atoms with Gasteiger partial charge in [-0.05, 0) is 29.8 Å². The first-order valence-corrected chi connectivity index (χ1v) is 10.1. The minimum atomic E-state index is -0.0515. The molecular formula is C22H19N5OS. The highest BCUT2D eigenvalue weighted by Crippen LogP contribution is 2.27. The van der Waals surface area contributed by atoms with Crippen LogP contribution in [0.4, 0.5) is 0 Å². The second-order valence-corrected chi connectivity index (χ2v) is 7.21. The van der Waals surface area contributed by atoms with E-state index in [4.69, 9.17) is 0 Å². The lowest BCUT2D eigenvalue weighted by molar-refractivity contribution is -0.118. The molecule has 0 spiro atoms. The highest BCUT2D eigenvalue weighted by atomic mass is 32.2. The minimum absolute atomic E-state index is 0.0515. The van der Waals surface area contributed by atoms with Crippen LogP contribution in [0.25, 0.3) is 17.1 Å². The third-order valence-electron chi connectivity index (χ3n) is 4.23. The van der Waals surface area contributed by atoms with Crippen molar-refractivity contribution in [3.8, 4) is 17.1 Å². The third kappa shape index (κ3) is 4.70. The molecule has 0 saturated heterocycles. The number of nitrogens with zero attached hydrogens (tertiary/aromatic N) is 4. The maximum absolute atomic E-state index is 12.3. The molecule has 0 bridgehead atoms. The summed E-state index contributed by atoms with van der Waals surface area (Å²) in [7, 11) is 0. The molecule has 0 aliphatic heterocycles. The van der Waals surface area contributed by atoms with Crippen LogP contribution in [0.2, 0.25) is 0 Å². The molecule has 1 amide bonds. The first kappa shape index (κ1) is 18.9. The lowest BCUT2D eigenvalue weighted by atomic mass is 10.2. The van der Waals surface area contributed by atoms with Crippen LogP contribution in [-0.4, -0.2) is 31.4 Å². The predicted molar refractivity (Wildman–Crippen MR) is 114 cm³/mol. The number of pyridine rings is 1. The van der Waals surface area contributed by atoms with Gasteiger partial charge >= 0.3 is 0 Å². The Balaban J connectivity index is 1.51. The van der Waals surface area contributed by atoms with Gasteiger partial charge in [-0.2, -0.15) is 0 Å². The quantitative estimate of drug-likeness (QED) is 0.478. The van der Waals surface area contributed by atoms with Crippen molar-refractivity contribution in [2.45, 2.75) is 11.7 Å². The van der Waals surface area contributed by atoms with Gasteiger partial charge in [0.25, 0.3) is 0 Å². The van der Waals surface area contributed by atoms with Crippen molar-refractivity contribution >= 4 is 17.7 Å².